The first kappa shape index (κ1) is 11.0. The van der Waals surface area contributed by atoms with Gasteiger partial charge in [-0.15, -0.1) is 0 Å². The maximum absolute atomic E-state index is 5.32. The second kappa shape index (κ2) is 5.05. The molecule has 0 saturated heterocycles. The Morgan fingerprint density at radius 2 is 1.69 bits per heavy atom. The molecule has 2 aromatic rings. The molecule has 3 heteroatoms. The van der Waals surface area contributed by atoms with Crippen LogP contribution in [0.1, 0.15) is 5.56 Å². The Morgan fingerprint density at radius 3 is 2.31 bits per heavy atom. The predicted molar refractivity (Wildman–Crippen MR) is 69.6 cm³/mol. The average molecular weight is 230 g/mol. The van der Waals surface area contributed by atoms with Gasteiger partial charge in [0.25, 0.3) is 0 Å². The molecular weight excluding hydrogens is 216 g/mol. The number of nitrogens with two attached hydrogens (primary N) is 1. The molecule has 0 amide bonds. The Bertz CT molecular complexity index is 466. The van der Waals surface area contributed by atoms with Gasteiger partial charge in [0.15, 0.2) is 0 Å². The number of aryl methyl sites for hydroxylation is 1. The van der Waals surface area contributed by atoms with E-state index in [9.17, 15) is 0 Å². The fourth-order valence-corrected chi connectivity index (χ4v) is 2.32. The molecule has 2 aromatic carbocycles. The van der Waals surface area contributed by atoms with E-state index in [2.05, 4.69) is 48.7 Å². The highest BCUT2D eigenvalue weighted by atomic mass is 32.2. The first-order valence-corrected chi connectivity index (χ1v) is 5.91. The van der Waals surface area contributed by atoms with Gasteiger partial charge >= 0.3 is 0 Å². The third-order valence-electron chi connectivity index (χ3n) is 2.34. The van der Waals surface area contributed by atoms with Crippen molar-refractivity contribution in [1.82, 2.24) is 0 Å². The molecule has 82 valence electrons. The molecule has 0 fully saturated rings. The van der Waals surface area contributed by atoms with Gasteiger partial charge in [0.2, 0.25) is 0 Å². The number of rotatable bonds is 3. The van der Waals surface area contributed by atoms with Crippen LogP contribution in [0.3, 0.4) is 0 Å². The van der Waals surface area contributed by atoms with Gasteiger partial charge in [-0.1, -0.05) is 30.0 Å². The molecule has 16 heavy (non-hydrogen) atoms. The van der Waals surface area contributed by atoms with Crippen molar-refractivity contribution < 1.29 is 0 Å². The van der Waals surface area contributed by atoms with Crippen LogP contribution in [0.25, 0.3) is 0 Å². The third kappa shape index (κ3) is 2.56. The van der Waals surface area contributed by atoms with Crippen molar-refractivity contribution in [3.63, 3.8) is 0 Å². The zero-order chi connectivity index (χ0) is 11.4. The smallest absolute Gasteiger partial charge is 0.0485 e. The summed E-state index contributed by atoms with van der Waals surface area (Å²) in [7, 11) is 0. The summed E-state index contributed by atoms with van der Waals surface area (Å²) < 4.78 is 0. The van der Waals surface area contributed by atoms with E-state index in [4.69, 9.17) is 5.84 Å². The van der Waals surface area contributed by atoms with E-state index in [0.717, 1.165) is 5.69 Å². The molecule has 3 N–H and O–H groups in total. The highest BCUT2D eigenvalue weighted by molar-refractivity contribution is 7.99. The lowest BCUT2D eigenvalue weighted by Crippen LogP contribution is -2.05. The Balaban J connectivity index is 2.18. The minimum absolute atomic E-state index is 0.925. The van der Waals surface area contributed by atoms with Crippen LogP contribution in [0.4, 0.5) is 5.69 Å². The predicted octanol–water partition coefficient (Wildman–Crippen LogP) is 3.43. The zero-order valence-corrected chi connectivity index (χ0v) is 9.92. The van der Waals surface area contributed by atoms with Gasteiger partial charge < -0.3 is 5.43 Å². The fourth-order valence-electron chi connectivity index (χ4n) is 1.42. The second-order valence-corrected chi connectivity index (χ2v) is 4.65. The molecule has 0 aliphatic heterocycles. The SMILES string of the molecule is Cc1ccccc1Sc1ccc(NN)cc1. The van der Waals surface area contributed by atoms with Crippen molar-refractivity contribution in [2.45, 2.75) is 16.7 Å². The molecule has 2 rings (SSSR count). The lowest BCUT2D eigenvalue weighted by atomic mass is 10.2. The Kier molecular flexibility index (Phi) is 3.49. The van der Waals surface area contributed by atoms with Crippen molar-refractivity contribution >= 4 is 17.4 Å². The summed E-state index contributed by atoms with van der Waals surface area (Å²) in [5.74, 6) is 5.32. The molecule has 0 aliphatic carbocycles. The van der Waals surface area contributed by atoms with E-state index in [0.29, 0.717) is 0 Å². The third-order valence-corrected chi connectivity index (χ3v) is 3.53. The van der Waals surface area contributed by atoms with E-state index in [1.165, 1.54) is 15.4 Å². The van der Waals surface area contributed by atoms with Gasteiger partial charge in [-0.2, -0.15) is 0 Å². The van der Waals surface area contributed by atoms with Gasteiger partial charge in [0.1, 0.15) is 0 Å². The monoisotopic (exact) mass is 230 g/mol. The molecule has 0 radical (unpaired) electrons. The van der Waals surface area contributed by atoms with Gasteiger partial charge in [0, 0.05) is 15.5 Å². The molecule has 0 bridgehead atoms. The Hall–Kier alpha value is -1.45. The van der Waals surface area contributed by atoms with E-state index < -0.39 is 0 Å². The van der Waals surface area contributed by atoms with E-state index in [1.54, 1.807) is 11.8 Å². The summed E-state index contributed by atoms with van der Waals surface area (Å²) in [6, 6.07) is 16.4. The summed E-state index contributed by atoms with van der Waals surface area (Å²) >= 11 is 1.76. The summed E-state index contributed by atoms with van der Waals surface area (Å²) in [5.41, 5.74) is 4.84. The van der Waals surface area contributed by atoms with Crippen LogP contribution in [0, 0.1) is 6.92 Å². The molecule has 0 unspecified atom stereocenters. The molecule has 0 heterocycles. The lowest BCUT2D eigenvalue weighted by Gasteiger charge is -2.06. The normalized spacial score (nSPS) is 10.1. The number of hydrogen-bond donors (Lipinski definition) is 2. The Morgan fingerprint density at radius 1 is 1.00 bits per heavy atom. The first-order chi connectivity index (χ1) is 7.79. The van der Waals surface area contributed by atoms with E-state index in [-0.39, 0.29) is 0 Å². The topological polar surface area (TPSA) is 38.0 Å². The molecule has 0 aliphatic rings. The maximum atomic E-state index is 5.32. The lowest BCUT2D eigenvalue weighted by molar-refractivity contribution is 1.29. The second-order valence-electron chi connectivity index (χ2n) is 3.54. The minimum Gasteiger partial charge on any atom is -0.324 e. The Labute approximate surface area is 99.8 Å². The molecular formula is C13H14N2S. The van der Waals surface area contributed by atoms with Crippen LogP contribution in [0.2, 0.25) is 0 Å². The quantitative estimate of drug-likeness (QED) is 0.626. The van der Waals surface area contributed by atoms with Crippen molar-refractivity contribution in [3.8, 4) is 0 Å². The van der Waals surface area contributed by atoms with Crippen LogP contribution in [0.15, 0.2) is 58.3 Å². The first-order valence-electron chi connectivity index (χ1n) is 5.10. The van der Waals surface area contributed by atoms with Gasteiger partial charge in [-0.3, -0.25) is 5.84 Å². The van der Waals surface area contributed by atoms with Crippen LogP contribution >= 0.6 is 11.8 Å². The van der Waals surface area contributed by atoms with E-state index >= 15 is 0 Å². The molecule has 2 nitrogen and oxygen atoms in total. The van der Waals surface area contributed by atoms with Crippen molar-refractivity contribution in [2.75, 3.05) is 5.43 Å². The minimum atomic E-state index is 0.925. The van der Waals surface area contributed by atoms with Crippen LogP contribution in [0.5, 0.6) is 0 Å². The largest absolute Gasteiger partial charge is 0.324 e. The van der Waals surface area contributed by atoms with Crippen LogP contribution in [-0.2, 0) is 0 Å². The van der Waals surface area contributed by atoms with E-state index in [1.807, 2.05) is 12.1 Å². The van der Waals surface area contributed by atoms with Crippen molar-refractivity contribution in [1.29, 1.82) is 0 Å². The highest BCUT2D eigenvalue weighted by Crippen LogP contribution is 2.30. The molecule has 0 aromatic heterocycles. The number of nitrogen functional groups attached to an aromatic ring is 1. The highest BCUT2D eigenvalue weighted by Gasteiger charge is 1.99. The number of benzene rings is 2. The number of hydrogen-bond acceptors (Lipinski definition) is 3. The van der Waals surface area contributed by atoms with Gasteiger partial charge in [0.05, 0.1) is 0 Å². The summed E-state index contributed by atoms with van der Waals surface area (Å²) in [4.78, 5) is 2.50. The maximum Gasteiger partial charge on any atom is 0.0485 e. The van der Waals surface area contributed by atoms with Crippen molar-refractivity contribution in [2.24, 2.45) is 5.84 Å². The number of anilines is 1. The average Bonchev–Trinajstić information content (AvgIpc) is 2.33. The van der Waals surface area contributed by atoms with Crippen molar-refractivity contribution in [3.05, 3.63) is 54.1 Å². The zero-order valence-electron chi connectivity index (χ0n) is 9.10. The van der Waals surface area contributed by atoms with Crippen LogP contribution in [-0.4, -0.2) is 0 Å². The van der Waals surface area contributed by atoms with Crippen LogP contribution < -0.4 is 11.3 Å². The number of nitrogens with one attached hydrogen (secondary N) is 1. The standard InChI is InChI=1S/C13H14N2S/c1-10-4-2-3-5-13(10)16-12-8-6-11(15-14)7-9-12/h2-9,15H,14H2,1H3. The summed E-state index contributed by atoms with van der Waals surface area (Å²) in [6.45, 7) is 2.12. The summed E-state index contributed by atoms with van der Waals surface area (Å²) in [6.07, 6.45) is 0. The summed E-state index contributed by atoms with van der Waals surface area (Å²) in [5, 5.41) is 0. The van der Waals surface area contributed by atoms with Gasteiger partial charge in [-0.25, -0.2) is 0 Å². The molecule has 0 spiro atoms. The fraction of sp³-hybridized carbons (Fsp3) is 0.0769. The number of hydrazine groups is 1. The molecule has 0 atom stereocenters. The van der Waals surface area contributed by atoms with Gasteiger partial charge in [-0.05, 0) is 42.8 Å². The molecule has 0 saturated carbocycles.